The number of aryl methyl sites for hydroxylation is 1. The summed E-state index contributed by atoms with van der Waals surface area (Å²) in [7, 11) is -3.50. The summed E-state index contributed by atoms with van der Waals surface area (Å²) in [4.78, 5) is 4.29. The van der Waals surface area contributed by atoms with E-state index >= 15 is 0 Å². The molecule has 0 aliphatic carbocycles. The Bertz CT molecular complexity index is 720. The van der Waals surface area contributed by atoms with Crippen LogP contribution in [-0.4, -0.2) is 23.2 Å². The zero-order valence-corrected chi connectivity index (χ0v) is 12.6. The molecule has 0 aliphatic rings. The molecule has 20 heavy (non-hydrogen) atoms. The summed E-state index contributed by atoms with van der Waals surface area (Å²) in [5.74, 6) is 0.247. The normalized spacial score (nSPS) is 12.0. The van der Waals surface area contributed by atoms with Crippen molar-refractivity contribution in [2.75, 3.05) is 5.73 Å². The molecule has 0 amide bonds. The summed E-state index contributed by atoms with van der Waals surface area (Å²) >= 11 is 0. The van der Waals surface area contributed by atoms with E-state index in [9.17, 15) is 8.42 Å². The average molecular weight is 294 g/mol. The summed E-state index contributed by atoms with van der Waals surface area (Å²) in [6.07, 6.45) is 1.37. The quantitative estimate of drug-likeness (QED) is 0.867. The lowest BCUT2D eigenvalue weighted by Gasteiger charge is -2.11. The van der Waals surface area contributed by atoms with Crippen molar-refractivity contribution in [1.82, 2.24) is 14.8 Å². The summed E-state index contributed by atoms with van der Waals surface area (Å²) in [5.41, 5.74) is 6.78. The summed E-state index contributed by atoms with van der Waals surface area (Å²) in [6.45, 7) is 5.60. The van der Waals surface area contributed by atoms with Crippen molar-refractivity contribution in [1.29, 1.82) is 0 Å². The first kappa shape index (κ1) is 14.5. The number of anilines is 1. The second kappa shape index (κ2) is 5.24. The van der Waals surface area contributed by atoms with Crippen molar-refractivity contribution in [3.05, 3.63) is 35.9 Å². The zero-order chi connectivity index (χ0) is 14.9. The maximum atomic E-state index is 12.5. The highest BCUT2D eigenvalue weighted by atomic mass is 32.2. The second-order valence-electron chi connectivity index (χ2n) is 5.00. The van der Waals surface area contributed by atoms with Gasteiger partial charge >= 0.3 is 0 Å². The Labute approximate surface area is 118 Å². The molecule has 0 radical (unpaired) electrons. The molecule has 7 heteroatoms. The predicted octanol–water partition coefficient (Wildman–Crippen LogP) is 1.72. The summed E-state index contributed by atoms with van der Waals surface area (Å²) in [5, 5.41) is 4.05. The van der Waals surface area contributed by atoms with Gasteiger partial charge in [-0.1, -0.05) is 6.07 Å². The minimum Gasteiger partial charge on any atom is -0.399 e. The Morgan fingerprint density at radius 2 is 2.05 bits per heavy atom. The molecule has 2 aromatic rings. The van der Waals surface area contributed by atoms with Crippen LogP contribution in [0, 0.1) is 6.92 Å². The average Bonchev–Trinajstić information content (AvgIpc) is 2.79. The number of nitrogen functional groups attached to an aromatic ring is 1. The van der Waals surface area contributed by atoms with E-state index in [0.717, 1.165) is 0 Å². The van der Waals surface area contributed by atoms with Crippen molar-refractivity contribution in [2.24, 2.45) is 0 Å². The number of hydrogen-bond donors (Lipinski definition) is 1. The van der Waals surface area contributed by atoms with Gasteiger partial charge in [0.1, 0.15) is 17.9 Å². The van der Waals surface area contributed by atoms with Crippen LogP contribution < -0.4 is 5.73 Å². The van der Waals surface area contributed by atoms with Crippen molar-refractivity contribution in [3.8, 4) is 0 Å². The van der Waals surface area contributed by atoms with Crippen LogP contribution in [0.5, 0.6) is 0 Å². The van der Waals surface area contributed by atoms with Gasteiger partial charge in [0.25, 0.3) is 0 Å². The molecule has 1 heterocycles. The van der Waals surface area contributed by atoms with Gasteiger partial charge in [-0.05, 0) is 38.5 Å². The monoisotopic (exact) mass is 294 g/mol. The molecule has 0 unspecified atom stereocenters. The Hall–Kier alpha value is -1.89. The van der Waals surface area contributed by atoms with Gasteiger partial charge in [-0.15, -0.1) is 0 Å². The van der Waals surface area contributed by atoms with E-state index in [1.807, 2.05) is 13.8 Å². The first-order chi connectivity index (χ1) is 9.31. The Morgan fingerprint density at radius 1 is 1.35 bits per heavy atom. The topological polar surface area (TPSA) is 90.9 Å². The lowest BCUT2D eigenvalue weighted by atomic mass is 10.2. The second-order valence-corrected chi connectivity index (χ2v) is 6.96. The summed E-state index contributed by atoms with van der Waals surface area (Å²) < 4.78 is 26.6. The zero-order valence-electron chi connectivity index (χ0n) is 11.7. The van der Waals surface area contributed by atoms with Crippen molar-refractivity contribution < 1.29 is 8.42 Å². The fraction of sp³-hybridized carbons (Fsp3) is 0.385. The number of rotatable bonds is 4. The van der Waals surface area contributed by atoms with E-state index in [-0.39, 0.29) is 16.7 Å². The third-order valence-electron chi connectivity index (χ3n) is 3.00. The number of nitrogens with two attached hydrogens (primary N) is 1. The molecule has 0 bridgehead atoms. The Morgan fingerprint density at radius 3 is 2.70 bits per heavy atom. The van der Waals surface area contributed by atoms with Crippen molar-refractivity contribution >= 4 is 15.5 Å². The van der Waals surface area contributed by atoms with Crippen LogP contribution in [-0.2, 0) is 15.6 Å². The van der Waals surface area contributed by atoms with Gasteiger partial charge in [0.2, 0.25) is 0 Å². The molecule has 0 fully saturated rings. The van der Waals surface area contributed by atoms with Crippen molar-refractivity contribution in [3.63, 3.8) is 0 Å². The molecule has 0 atom stereocenters. The first-order valence-electron chi connectivity index (χ1n) is 6.28. The highest BCUT2D eigenvalue weighted by molar-refractivity contribution is 7.90. The molecule has 6 nitrogen and oxygen atoms in total. The molecule has 0 saturated carbocycles. The van der Waals surface area contributed by atoms with Crippen LogP contribution in [0.15, 0.2) is 29.4 Å². The molecular formula is C13H18N4O2S. The van der Waals surface area contributed by atoms with Gasteiger partial charge in [0, 0.05) is 11.7 Å². The highest BCUT2D eigenvalue weighted by Gasteiger charge is 2.22. The Balaban J connectivity index is 2.41. The van der Waals surface area contributed by atoms with E-state index in [1.165, 1.54) is 12.4 Å². The van der Waals surface area contributed by atoms with E-state index in [1.54, 1.807) is 23.7 Å². The maximum Gasteiger partial charge on any atom is 0.185 e. The lowest BCUT2D eigenvalue weighted by molar-refractivity contribution is 0.510. The third-order valence-corrected chi connectivity index (χ3v) is 4.75. The highest BCUT2D eigenvalue weighted by Crippen LogP contribution is 2.22. The minimum absolute atomic E-state index is 0.0599. The van der Waals surface area contributed by atoms with E-state index in [0.29, 0.717) is 17.1 Å². The van der Waals surface area contributed by atoms with E-state index in [2.05, 4.69) is 10.1 Å². The smallest absolute Gasteiger partial charge is 0.185 e. The van der Waals surface area contributed by atoms with Gasteiger partial charge in [-0.25, -0.2) is 18.1 Å². The number of hydrogen-bond acceptors (Lipinski definition) is 5. The van der Waals surface area contributed by atoms with Gasteiger partial charge in [-0.3, -0.25) is 0 Å². The molecule has 1 aromatic heterocycles. The minimum atomic E-state index is -3.50. The first-order valence-corrected chi connectivity index (χ1v) is 7.94. The standard InChI is InChI=1S/C13H18N4O2S/c1-9(2)17-13(15-8-16-17)7-20(18,19)12-6-11(14)5-4-10(12)3/h4-6,8-9H,7,14H2,1-3H3. The van der Waals surface area contributed by atoms with Gasteiger partial charge in [-0.2, -0.15) is 5.10 Å². The summed E-state index contributed by atoms with van der Waals surface area (Å²) in [6, 6.07) is 4.94. The molecule has 1 aromatic carbocycles. The largest absolute Gasteiger partial charge is 0.399 e. The molecule has 0 saturated heterocycles. The van der Waals surface area contributed by atoms with Crippen LogP contribution in [0.25, 0.3) is 0 Å². The number of benzene rings is 1. The van der Waals surface area contributed by atoms with Crippen LogP contribution >= 0.6 is 0 Å². The predicted molar refractivity (Wildman–Crippen MR) is 76.9 cm³/mol. The molecule has 0 spiro atoms. The third kappa shape index (κ3) is 2.82. The van der Waals surface area contributed by atoms with Gasteiger partial charge in [0.05, 0.1) is 4.90 Å². The van der Waals surface area contributed by atoms with Gasteiger partial charge in [0.15, 0.2) is 9.84 Å². The van der Waals surface area contributed by atoms with E-state index < -0.39 is 9.84 Å². The van der Waals surface area contributed by atoms with Crippen LogP contribution in [0.4, 0.5) is 5.69 Å². The van der Waals surface area contributed by atoms with Crippen LogP contribution in [0.1, 0.15) is 31.3 Å². The molecule has 108 valence electrons. The van der Waals surface area contributed by atoms with Crippen LogP contribution in [0.3, 0.4) is 0 Å². The fourth-order valence-electron chi connectivity index (χ4n) is 2.01. The van der Waals surface area contributed by atoms with E-state index in [4.69, 9.17) is 5.73 Å². The molecule has 2 rings (SSSR count). The Kier molecular flexibility index (Phi) is 3.80. The van der Waals surface area contributed by atoms with Gasteiger partial charge < -0.3 is 5.73 Å². The fourth-order valence-corrected chi connectivity index (χ4v) is 3.58. The molecule has 0 aliphatic heterocycles. The molecular weight excluding hydrogens is 276 g/mol. The lowest BCUT2D eigenvalue weighted by Crippen LogP contribution is -2.14. The van der Waals surface area contributed by atoms with Crippen molar-refractivity contribution in [2.45, 2.75) is 37.5 Å². The van der Waals surface area contributed by atoms with Crippen LogP contribution in [0.2, 0.25) is 0 Å². The number of nitrogens with zero attached hydrogens (tertiary/aromatic N) is 3. The SMILES string of the molecule is Cc1ccc(N)cc1S(=O)(=O)Cc1ncnn1C(C)C. The molecule has 2 N–H and O–H groups in total. The number of sulfone groups is 1. The number of aromatic nitrogens is 3. The maximum absolute atomic E-state index is 12.5.